The molecule has 0 radical (unpaired) electrons. The summed E-state index contributed by atoms with van der Waals surface area (Å²) in [7, 11) is 0. The molecule has 0 bridgehead atoms. The quantitative estimate of drug-likeness (QED) is 0.780. The van der Waals surface area contributed by atoms with Crippen molar-refractivity contribution in [3.63, 3.8) is 0 Å². The van der Waals surface area contributed by atoms with E-state index in [2.05, 4.69) is 15.6 Å². The summed E-state index contributed by atoms with van der Waals surface area (Å²) in [6.45, 7) is 0.266. The number of thiophene rings is 1. The highest BCUT2D eigenvalue weighted by molar-refractivity contribution is 7.08. The van der Waals surface area contributed by atoms with Gasteiger partial charge in [0.05, 0.1) is 29.0 Å². The molecule has 5 nitrogen and oxygen atoms in total. The Morgan fingerprint density at radius 2 is 2.18 bits per heavy atom. The predicted octanol–water partition coefficient (Wildman–Crippen LogP) is 3.57. The van der Waals surface area contributed by atoms with Crippen LogP contribution in [-0.4, -0.2) is 20.9 Å². The van der Waals surface area contributed by atoms with Crippen molar-refractivity contribution in [3.05, 3.63) is 62.5 Å². The zero-order chi connectivity index (χ0) is 15.5. The molecule has 0 aliphatic heterocycles. The lowest BCUT2D eigenvalue weighted by Crippen LogP contribution is -2.23. The zero-order valence-corrected chi connectivity index (χ0v) is 13.5. The first-order valence-corrected chi connectivity index (χ1v) is 8.00. The lowest BCUT2D eigenvalue weighted by molar-refractivity contribution is 0.0950. The molecule has 2 aromatic heterocycles. The molecule has 8 heteroatoms. The monoisotopic (exact) mass is 352 g/mol. The van der Waals surface area contributed by atoms with Gasteiger partial charge in [0.15, 0.2) is 0 Å². The van der Waals surface area contributed by atoms with Gasteiger partial charge in [-0.3, -0.25) is 4.79 Å². The molecule has 0 aliphatic carbocycles. The predicted molar refractivity (Wildman–Crippen MR) is 86.9 cm³/mol. The van der Waals surface area contributed by atoms with Crippen molar-refractivity contribution in [2.24, 2.45) is 0 Å². The van der Waals surface area contributed by atoms with Crippen LogP contribution in [0.2, 0.25) is 10.0 Å². The molecule has 0 aliphatic rings. The first-order valence-electron chi connectivity index (χ1n) is 6.30. The number of hydrogen-bond acceptors (Lipinski definition) is 4. The molecule has 2 heterocycles. The number of benzene rings is 1. The standard InChI is InChI=1S/C14H10Cl2N4OS/c15-9-1-2-12(13(16)5-9)14(21)17-6-10-7-20(19-18-10)11-3-4-22-8-11/h1-5,7-8H,6H2,(H,17,21). The van der Waals surface area contributed by atoms with Gasteiger partial charge in [0.2, 0.25) is 0 Å². The van der Waals surface area contributed by atoms with E-state index in [9.17, 15) is 4.79 Å². The molecule has 1 amide bonds. The molecular formula is C14H10Cl2N4OS. The van der Waals surface area contributed by atoms with Crippen molar-refractivity contribution in [2.75, 3.05) is 0 Å². The van der Waals surface area contributed by atoms with Crippen molar-refractivity contribution in [3.8, 4) is 5.69 Å². The summed E-state index contributed by atoms with van der Waals surface area (Å²) in [6, 6.07) is 6.68. The fraction of sp³-hybridized carbons (Fsp3) is 0.0714. The number of carbonyl (C=O) groups excluding carboxylic acids is 1. The maximum atomic E-state index is 12.1. The van der Waals surface area contributed by atoms with E-state index < -0.39 is 0 Å². The largest absolute Gasteiger partial charge is 0.346 e. The number of aromatic nitrogens is 3. The average molecular weight is 353 g/mol. The van der Waals surface area contributed by atoms with Gasteiger partial charge in [-0.25, -0.2) is 4.68 Å². The van der Waals surface area contributed by atoms with Gasteiger partial charge in [-0.05, 0) is 29.6 Å². The second-order valence-corrected chi connectivity index (χ2v) is 6.07. The molecule has 0 atom stereocenters. The van der Waals surface area contributed by atoms with Gasteiger partial charge in [0, 0.05) is 10.4 Å². The number of nitrogens with one attached hydrogen (secondary N) is 1. The topological polar surface area (TPSA) is 59.8 Å². The molecule has 3 aromatic rings. The second-order valence-electron chi connectivity index (χ2n) is 4.44. The maximum Gasteiger partial charge on any atom is 0.253 e. The Balaban J connectivity index is 1.66. The van der Waals surface area contributed by atoms with Crippen LogP contribution in [0.1, 0.15) is 16.1 Å². The van der Waals surface area contributed by atoms with Gasteiger partial charge in [-0.2, -0.15) is 11.3 Å². The summed E-state index contributed by atoms with van der Waals surface area (Å²) in [4.78, 5) is 12.1. The fourth-order valence-corrected chi connectivity index (χ4v) is 2.95. The zero-order valence-electron chi connectivity index (χ0n) is 11.2. The SMILES string of the molecule is O=C(NCc1cn(-c2ccsc2)nn1)c1ccc(Cl)cc1Cl. The summed E-state index contributed by atoms with van der Waals surface area (Å²) in [5, 5.41) is 15.5. The maximum absolute atomic E-state index is 12.1. The molecule has 22 heavy (non-hydrogen) atoms. The van der Waals surface area contributed by atoms with E-state index in [0.29, 0.717) is 21.3 Å². The third-order valence-electron chi connectivity index (χ3n) is 2.92. The highest BCUT2D eigenvalue weighted by Crippen LogP contribution is 2.20. The number of hydrogen-bond donors (Lipinski definition) is 1. The van der Waals surface area contributed by atoms with Crippen LogP contribution in [0.25, 0.3) is 5.69 Å². The minimum Gasteiger partial charge on any atom is -0.346 e. The van der Waals surface area contributed by atoms with Crippen molar-refractivity contribution >= 4 is 40.4 Å². The average Bonchev–Trinajstić information content (AvgIpc) is 3.16. The number of amides is 1. The smallest absolute Gasteiger partial charge is 0.253 e. The van der Waals surface area contributed by atoms with Gasteiger partial charge in [0.25, 0.3) is 5.91 Å². The molecule has 3 rings (SSSR count). The van der Waals surface area contributed by atoms with Crippen molar-refractivity contribution in [1.29, 1.82) is 0 Å². The van der Waals surface area contributed by atoms with Crippen molar-refractivity contribution in [1.82, 2.24) is 20.3 Å². The van der Waals surface area contributed by atoms with Gasteiger partial charge in [-0.1, -0.05) is 28.4 Å². The van der Waals surface area contributed by atoms with Crippen LogP contribution in [0.4, 0.5) is 0 Å². The highest BCUT2D eigenvalue weighted by atomic mass is 35.5. The third kappa shape index (κ3) is 3.30. The lowest BCUT2D eigenvalue weighted by atomic mass is 10.2. The van der Waals surface area contributed by atoms with Crippen LogP contribution in [0.15, 0.2) is 41.2 Å². The Morgan fingerprint density at radius 3 is 2.91 bits per heavy atom. The van der Waals surface area contributed by atoms with Gasteiger partial charge in [-0.15, -0.1) is 5.10 Å². The summed E-state index contributed by atoms with van der Waals surface area (Å²) >= 11 is 13.4. The van der Waals surface area contributed by atoms with E-state index in [1.165, 1.54) is 6.07 Å². The number of carbonyl (C=O) groups is 1. The summed E-state index contributed by atoms with van der Waals surface area (Å²) in [5.41, 5.74) is 1.97. The molecular weight excluding hydrogens is 343 g/mol. The summed E-state index contributed by atoms with van der Waals surface area (Å²) in [5.74, 6) is -0.285. The lowest BCUT2D eigenvalue weighted by Gasteiger charge is -2.05. The van der Waals surface area contributed by atoms with E-state index in [1.807, 2.05) is 16.8 Å². The Morgan fingerprint density at radius 1 is 1.32 bits per heavy atom. The van der Waals surface area contributed by atoms with Crippen molar-refractivity contribution in [2.45, 2.75) is 6.54 Å². The normalized spacial score (nSPS) is 10.6. The molecule has 112 valence electrons. The number of nitrogens with zero attached hydrogens (tertiary/aromatic N) is 3. The third-order valence-corrected chi connectivity index (χ3v) is 4.14. The van der Waals surface area contributed by atoms with Gasteiger partial charge < -0.3 is 5.32 Å². The number of rotatable bonds is 4. The molecule has 0 unspecified atom stereocenters. The summed E-state index contributed by atoms with van der Waals surface area (Å²) < 4.78 is 1.66. The van der Waals surface area contributed by atoms with Crippen LogP contribution < -0.4 is 5.32 Å². The van der Waals surface area contributed by atoms with Crippen LogP contribution in [0.3, 0.4) is 0 Å². The van der Waals surface area contributed by atoms with Crippen molar-refractivity contribution < 1.29 is 4.79 Å². The van der Waals surface area contributed by atoms with E-state index in [-0.39, 0.29) is 12.5 Å². The van der Waals surface area contributed by atoms with Crippen LogP contribution in [-0.2, 0) is 6.54 Å². The molecule has 1 aromatic carbocycles. The molecule has 1 N–H and O–H groups in total. The Kier molecular flexibility index (Phi) is 4.42. The Labute approximate surface area is 140 Å². The minimum atomic E-state index is -0.285. The molecule has 0 saturated heterocycles. The first-order chi connectivity index (χ1) is 10.6. The summed E-state index contributed by atoms with van der Waals surface area (Å²) in [6.07, 6.45) is 1.77. The van der Waals surface area contributed by atoms with Crippen LogP contribution in [0, 0.1) is 0 Å². The fourth-order valence-electron chi connectivity index (χ4n) is 1.83. The highest BCUT2D eigenvalue weighted by Gasteiger charge is 2.11. The Bertz CT molecular complexity index is 801. The van der Waals surface area contributed by atoms with E-state index in [0.717, 1.165) is 5.69 Å². The second kappa shape index (κ2) is 6.48. The van der Waals surface area contributed by atoms with Crippen LogP contribution >= 0.6 is 34.5 Å². The molecule has 0 fully saturated rings. The van der Waals surface area contributed by atoms with Crippen LogP contribution in [0.5, 0.6) is 0 Å². The van der Waals surface area contributed by atoms with E-state index >= 15 is 0 Å². The first kappa shape index (κ1) is 15.0. The minimum absolute atomic E-state index is 0.266. The molecule has 0 spiro atoms. The Hall–Kier alpha value is -1.89. The van der Waals surface area contributed by atoms with E-state index in [1.54, 1.807) is 34.3 Å². The number of halogens is 2. The molecule has 0 saturated carbocycles. The van der Waals surface area contributed by atoms with Gasteiger partial charge in [0.1, 0.15) is 5.69 Å². The van der Waals surface area contributed by atoms with Gasteiger partial charge >= 0.3 is 0 Å². The van der Waals surface area contributed by atoms with E-state index in [4.69, 9.17) is 23.2 Å².